The number of hydrogen-bond donors (Lipinski definition) is 1. The van der Waals surface area contributed by atoms with Crippen LogP contribution in [0, 0.1) is 0 Å². The molecule has 1 atom stereocenters. The van der Waals surface area contributed by atoms with Crippen molar-refractivity contribution in [1.82, 2.24) is 14.9 Å². The van der Waals surface area contributed by atoms with Crippen LogP contribution in [-0.4, -0.2) is 67.9 Å². The van der Waals surface area contributed by atoms with Crippen LogP contribution >= 0.6 is 0 Å². The third kappa shape index (κ3) is 7.61. The number of benzene rings is 1. The predicted octanol–water partition coefficient (Wildman–Crippen LogP) is 6.24. The first-order valence-electron chi connectivity index (χ1n) is 15.0. The molecule has 0 unspecified atom stereocenters. The monoisotopic (exact) mass is 531 g/mol. The van der Waals surface area contributed by atoms with Gasteiger partial charge in [0.25, 0.3) is 0 Å². The SMILES string of the molecule is C[C@H]1Nc2nccc3c(nc(N4CCOCC4)cc23)CCCCCCCCN(C)CCCOc2cccc1c2. The quantitative estimate of drug-likeness (QED) is 0.399. The fraction of sp³-hybridized carbons (Fsp3) is 0.562. The molecule has 1 fully saturated rings. The number of rotatable bonds is 1. The number of hydrogen-bond acceptors (Lipinski definition) is 7. The Hall–Kier alpha value is -2.90. The number of fused-ring (bicyclic) bond motifs is 2. The molecule has 210 valence electrons. The first-order chi connectivity index (χ1) is 19.2. The lowest BCUT2D eigenvalue weighted by Gasteiger charge is -2.29. The lowest BCUT2D eigenvalue weighted by Crippen LogP contribution is -2.36. The van der Waals surface area contributed by atoms with Crippen molar-refractivity contribution < 1.29 is 9.47 Å². The van der Waals surface area contributed by atoms with E-state index in [2.05, 4.69) is 65.5 Å². The van der Waals surface area contributed by atoms with E-state index < -0.39 is 0 Å². The highest BCUT2D eigenvalue weighted by Crippen LogP contribution is 2.32. The summed E-state index contributed by atoms with van der Waals surface area (Å²) in [4.78, 5) is 14.8. The van der Waals surface area contributed by atoms with Crippen molar-refractivity contribution in [2.24, 2.45) is 0 Å². The van der Waals surface area contributed by atoms with Gasteiger partial charge in [-0.3, -0.25) is 0 Å². The van der Waals surface area contributed by atoms with Gasteiger partial charge in [-0.2, -0.15) is 0 Å². The van der Waals surface area contributed by atoms with Gasteiger partial charge in [-0.1, -0.05) is 37.8 Å². The van der Waals surface area contributed by atoms with E-state index in [0.29, 0.717) is 0 Å². The largest absolute Gasteiger partial charge is 0.494 e. The van der Waals surface area contributed by atoms with Crippen molar-refractivity contribution in [2.75, 3.05) is 63.3 Å². The van der Waals surface area contributed by atoms with Gasteiger partial charge in [0.05, 0.1) is 31.6 Å². The first kappa shape index (κ1) is 27.7. The summed E-state index contributed by atoms with van der Waals surface area (Å²) in [6.07, 6.45) is 11.6. The van der Waals surface area contributed by atoms with Crippen molar-refractivity contribution >= 4 is 22.4 Å². The van der Waals surface area contributed by atoms with Crippen LogP contribution in [0.4, 0.5) is 11.6 Å². The molecule has 6 bridgehead atoms. The van der Waals surface area contributed by atoms with Crippen molar-refractivity contribution in [3.05, 3.63) is 53.9 Å². The summed E-state index contributed by atoms with van der Waals surface area (Å²) in [5.74, 6) is 2.88. The normalized spacial score (nSPS) is 21.0. The molecule has 3 aromatic rings. The number of anilines is 2. The van der Waals surface area contributed by atoms with E-state index >= 15 is 0 Å². The van der Waals surface area contributed by atoms with Gasteiger partial charge in [0.2, 0.25) is 0 Å². The third-order valence-corrected chi connectivity index (χ3v) is 8.03. The average molecular weight is 532 g/mol. The maximum Gasteiger partial charge on any atom is 0.134 e. The van der Waals surface area contributed by atoms with Crippen molar-refractivity contribution in [3.63, 3.8) is 0 Å². The Morgan fingerprint density at radius 3 is 2.51 bits per heavy atom. The lowest BCUT2D eigenvalue weighted by atomic mass is 10.0. The fourth-order valence-corrected chi connectivity index (χ4v) is 5.67. The van der Waals surface area contributed by atoms with Crippen LogP contribution in [0.15, 0.2) is 42.6 Å². The van der Waals surface area contributed by atoms with Gasteiger partial charge in [-0.05, 0) is 76.0 Å². The third-order valence-electron chi connectivity index (χ3n) is 8.03. The summed E-state index contributed by atoms with van der Waals surface area (Å²) in [6, 6.07) is 12.9. The minimum atomic E-state index is 0.0825. The summed E-state index contributed by atoms with van der Waals surface area (Å²) >= 11 is 0. The van der Waals surface area contributed by atoms with Gasteiger partial charge in [0.15, 0.2) is 0 Å². The molecule has 7 nitrogen and oxygen atoms in total. The molecule has 0 saturated carbocycles. The topological polar surface area (TPSA) is 62.8 Å². The Morgan fingerprint density at radius 1 is 0.846 bits per heavy atom. The van der Waals surface area contributed by atoms with Crippen molar-refractivity contribution in [1.29, 1.82) is 0 Å². The molecule has 1 N–H and O–H groups in total. The lowest BCUT2D eigenvalue weighted by molar-refractivity contribution is 0.122. The van der Waals surface area contributed by atoms with Crippen LogP contribution in [0.25, 0.3) is 10.8 Å². The van der Waals surface area contributed by atoms with Gasteiger partial charge in [0, 0.05) is 36.6 Å². The van der Waals surface area contributed by atoms with Gasteiger partial charge in [-0.25, -0.2) is 9.97 Å². The molecule has 0 aliphatic carbocycles. The number of nitrogens with zero attached hydrogens (tertiary/aromatic N) is 4. The van der Waals surface area contributed by atoms with Gasteiger partial charge >= 0.3 is 0 Å². The minimum Gasteiger partial charge on any atom is -0.494 e. The Labute approximate surface area is 233 Å². The van der Waals surface area contributed by atoms with Crippen LogP contribution in [0.1, 0.15) is 69.2 Å². The number of ether oxygens (including phenoxy) is 2. The van der Waals surface area contributed by atoms with Crippen molar-refractivity contribution in [3.8, 4) is 5.75 Å². The van der Waals surface area contributed by atoms with Crippen LogP contribution in [0.2, 0.25) is 0 Å². The van der Waals surface area contributed by atoms with E-state index in [9.17, 15) is 0 Å². The zero-order chi connectivity index (χ0) is 26.9. The molecule has 2 aliphatic heterocycles. The van der Waals surface area contributed by atoms with Crippen LogP contribution in [0.3, 0.4) is 0 Å². The van der Waals surface area contributed by atoms with Gasteiger partial charge in [0.1, 0.15) is 17.4 Å². The van der Waals surface area contributed by atoms with E-state index in [1.807, 2.05) is 6.20 Å². The Kier molecular flexibility index (Phi) is 9.89. The van der Waals surface area contributed by atoms with E-state index in [-0.39, 0.29) is 6.04 Å². The van der Waals surface area contributed by atoms with Gasteiger partial charge in [-0.15, -0.1) is 0 Å². The maximum atomic E-state index is 6.14. The van der Waals surface area contributed by atoms with E-state index in [1.54, 1.807) is 0 Å². The Morgan fingerprint density at radius 2 is 1.64 bits per heavy atom. The molecule has 1 saturated heterocycles. The van der Waals surface area contributed by atoms with Crippen LogP contribution < -0.4 is 15.0 Å². The molecule has 7 heteroatoms. The highest BCUT2D eigenvalue weighted by Gasteiger charge is 2.18. The minimum absolute atomic E-state index is 0.0825. The number of aromatic nitrogens is 2. The zero-order valence-corrected chi connectivity index (χ0v) is 23.8. The number of pyridine rings is 2. The molecule has 5 rings (SSSR count). The first-order valence-corrected chi connectivity index (χ1v) is 15.0. The van der Waals surface area contributed by atoms with Crippen LogP contribution in [-0.2, 0) is 11.2 Å². The number of nitrogens with one attached hydrogen (secondary N) is 1. The predicted molar refractivity (Wildman–Crippen MR) is 160 cm³/mol. The molecular weight excluding hydrogens is 486 g/mol. The molecule has 0 radical (unpaired) electrons. The van der Waals surface area contributed by atoms with Gasteiger partial charge < -0.3 is 24.6 Å². The van der Waals surface area contributed by atoms with E-state index in [4.69, 9.17) is 19.4 Å². The zero-order valence-electron chi connectivity index (χ0n) is 23.8. The molecule has 39 heavy (non-hydrogen) atoms. The average Bonchev–Trinajstić information content (AvgIpc) is 2.97. The Bertz CT molecular complexity index is 1200. The number of morpholine rings is 1. The summed E-state index contributed by atoms with van der Waals surface area (Å²) in [6.45, 7) is 8.41. The standard InChI is InChI=1S/C32H45N5O2/c1-25-26-11-9-12-27(23-26)39-20-10-17-36(2)16-8-6-4-3-5-7-13-30-28-14-15-33-32(34-25)29(28)24-31(35-30)37-18-21-38-22-19-37/h9,11-12,14-15,23-25H,3-8,10,13,16-22H2,1-2H3,(H,33,34)/t25-/m1/s1. The molecule has 1 aromatic carbocycles. The highest BCUT2D eigenvalue weighted by atomic mass is 16.5. The molecule has 2 aliphatic rings. The molecule has 4 heterocycles. The summed E-state index contributed by atoms with van der Waals surface area (Å²) in [5, 5.41) is 6.07. The summed E-state index contributed by atoms with van der Waals surface area (Å²) in [5.41, 5.74) is 2.37. The smallest absolute Gasteiger partial charge is 0.134 e. The van der Waals surface area contributed by atoms with Crippen molar-refractivity contribution in [2.45, 2.75) is 64.3 Å². The Balaban J connectivity index is 1.44. The second-order valence-electron chi connectivity index (χ2n) is 11.1. The second kappa shape index (κ2) is 13.9. The van der Waals surface area contributed by atoms with E-state index in [1.165, 1.54) is 61.7 Å². The highest BCUT2D eigenvalue weighted by molar-refractivity contribution is 5.95. The number of aryl methyl sites for hydroxylation is 1. The molecule has 2 aromatic heterocycles. The molecule has 0 spiro atoms. The second-order valence-corrected chi connectivity index (χ2v) is 11.1. The molecule has 0 amide bonds. The summed E-state index contributed by atoms with van der Waals surface area (Å²) in [7, 11) is 2.23. The molecular formula is C32H45N5O2. The van der Waals surface area contributed by atoms with Crippen LogP contribution in [0.5, 0.6) is 5.75 Å². The summed E-state index contributed by atoms with van der Waals surface area (Å²) < 4.78 is 11.8. The fourth-order valence-electron chi connectivity index (χ4n) is 5.67. The maximum absolute atomic E-state index is 6.14. The van der Waals surface area contributed by atoms with E-state index in [0.717, 1.165) is 75.1 Å².